The molecule has 0 radical (unpaired) electrons. The molecule has 0 aromatic carbocycles. The number of hydrogen-bond acceptors (Lipinski definition) is 3. The molecule has 2 aromatic heterocycles. The molecule has 2 aromatic rings. The SMILES string of the molecule is CC(Nc1cccnc1)c1cccnc1. The van der Waals surface area contributed by atoms with Crippen molar-refractivity contribution in [1.82, 2.24) is 9.97 Å². The van der Waals surface area contributed by atoms with E-state index in [1.54, 1.807) is 12.4 Å². The third-order valence-electron chi connectivity index (χ3n) is 2.23. The molecule has 76 valence electrons. The first kappa shape index (κ1) is 9.65. The zero-order valence-electron chi connectivity index (χ0n) is 8.59. The second kappa shape index (κ2) is 4.55. The molecule has 0 saturated carbocycles. The predicted molar refractivity (Wildman–Crippen MR) is 60.5 cm³/mol. The molecular weight excluding hydrogens is 186 g/mol. The molecule has 3 nitrogen and oxygen atoms in total. The van der Waals surface area contributed by atoms with E-state index < -0.39 is 0 Å². The molecule has 1 N–H and O–H groups in total. The Morgan fingerprint density at radius 3 is 2.40 bits per heavy atom. The summed E-state index contributed by atoms with van der Waals surface area (Å²) in [7, 11) is 0. The first-order valence-corrected chi connectivity index (χ1v) is 4.93. The molecule has 2 heterocycles. The Morgan fingerprint density at radius 2 is 1.80 bits per heavy atom. The van der Waals surface area contributed by atoms with Crippen molar-refractivity contribution >= 4 is 5.69 Å². The maximum Gasteiger partial charge on any atom is 0.0531 e. The van der Waals surface area contributed by atoms with Gasteiger partial charge in [-0.2, -0.15) is 0 Å². The van der Waals surface area contributed by atoms with Crippen LogP contribution in [0, 0.1) is 0 Å². The van der Waals surface area contributed by atoms with Gasteiger partial charge in [0.25, 0.3) is 0 Å². The van der Waals surface area contributed by atoms with Crippen LogP contribution in [0.15, 0.2) is 49.1 Å². The summed E-state index contributed by atoms with van der Waals surface area (Å²) in [6.07, 6.45) is 7.22. The maximum atomic E-state index is 4.09. The van der Waals surface area contributed by atoms with E-state index in [0.717, 1.165) is 5.69 Å². The van der Waals surface area contributed by atoms with Crippen molar-refractivity contribution < 1.29 is 0 Å². The van der Waals surface area contributed by atoms with Crippen LogP contribution >= 0.6 is 0 Å². The van der Waals surface area contributed by atoms with Gasteiger partial charge >= 0.3 is 0 Å². The number of aromatic nitrogens is 2. The standard InChI is InChI=1S/C12H13N3/c1-10(11-4-2-6-13-8-11)15-12-5-3-7-14-9-12/h2-10,15H,1H3. The molecule has 3 heteroatoms. The molecule has 15 heavy (non-hydrogen) atoms. The lowest BCUT2D eigenvalue weighted by Crippen LogP contribution is -2.06. The third-order valence-corrected chi connectivity index (χ3v) is 2.23. The van der Waals surface area contributed by atoms with Crippen molar-refractivity contribution in [3.8, 4) is 0 Å². The number of nitrogens with one attached hydrogen (secondary N) is 1. The highest BCUT2D eigenvalue weighted by atomic mass is 14.9. The van der Waals surface area contributed by atoms with Gasteiger partial charge in [0.15, 0.2) is 0 Å². The maximum absolute atomic E-state index is 4.09. The fourth-order valence-corrected chi connectivity index (χ4v) is 1.41. The predicted octanol–water partition coefficient (Wildman–Crippen LogP) is 2.65. The van der Waals surface area contributed by atoms with Gasteiger partial charge < -0.3 is 5.32 Å². The average Bonchev–Trinajstić information content (AvgIpc) is 2.31. The minimum Gasteiger partial charge on any atom is -0.377 e. The second-order valence-electron chi connectivity index (χ2n) is 3.39. The van der Waals surface area contributed by atoms with E-state index in [1.807, 2.05) is 30.6 Å². The zero-order chi connectivity index (χ0) is 10.5. The van der Waals surface area contributed by atoms with Crippen molar-refractivity contribution in [2.75, 3.05) is 5.32 Å². The van der Waals surface area contributed by atoms with Gasteiger partial charge in [0.2, 0.25) is 0 Å². The lowest BCUT2D eigenvalue weighted by molar-refractivity contribution is 0.874. The minimum atomic E-state index is 0.239. The molecule has 0 bridgehead atoms. The second-order valence-corrected chi connectivity index (χ2v) is 3.39. The van der Waals surface area contributed by atoms with Crippen molar-refractivity contribution in [2.45, 2.75) is 13.0 Å². The molecule has 0 saturated heterocycles. The smallest absolute Gasteiger partial charge is 0.0531 e. The quantitative estimate of drug-likeness (QED) is 0.825. The van der Waals surface area contributed by atoms with Crippen molar-refractivity contribution in [2.24, 2.45) is 0 Å². The fourth-order valence-electron chi connectivity index (χ4n) is 1.41. The molecule has 0 aliphatic heterocycles. The summed E-state index contributed by atoms with van der Waals surface area (Å²) >= 11 is 0. The molecule has 0 amide bonds. The van der Waals surface area contributed by atoms with Gasteiger partial charge in [-0.3, -0.25) is 9.97 Å². The molecule has 1 atom stereocenters. The van der Waals surface area contributed by atoms with Crippen LogP contribution in [0.4, 0.5) is 5.69 Å². The van der Waals surface area contributed by atoms with Gasteiger partial charge in [-0.1, -0.05) is 6.07 Å². The van der Waals surface area contributed by atoms with E-state index in [1.165, 1.54) is 5.56 Å². The van der Waals surface area contributed by atoms with E-state index in [2.05, 4.69) is 28.3 Å². The highest BCUT2D eigenvalue weighted by Crippen LogP contribution is 2.16. The monoisotopic (exact) mass is 199 g/mol. The molecule has 0 spiro atoms. The summed E-state index contributed by atoms with van der Waals surface area (Å²) < 4.78 is 0. The topological polar surface area (TPSA) is 37.8 Å². The number of hydrogen-bond donors (Lipinski definition) is 1. The zero-order valence-corrected chi connectivity index (χ0v) is 8.59. The number of rotatable bonds is 3. The van der Waals surface area contributed by atoms with Crippen molar-refractivity contribution in [1.29, 1.82) is 0 Å². The molecule has 0 aliphatic carbocycles. The number of pyridine rings is 2. The van der Waals surface area contributed by atoms with Gasteiger partial charge in [0, 0.05) is 24.8 Å². The van der Waals surface area contributed by atoms with Crippen LogP contribution < -0.4 is 5.32 Å². The normalized spacial score (nSPS) is 12.1. The summed E-state index contributed by atoms with van der Waals surface area (Å²) in [5, 5.41) is 3.36. The van der Waals surface area contributed by atoms with Gasteiger partial charge in [-0.25, -0.2) is 0 Å². The highest BCUT2D eigenvalue weighted by Gasteiger charge is 2.03. The van der Waals surface area contributed by atoms with E-state index in [9.17, 15) is 0 Å². The molecule has 1 unspecified atom stereocenters. The van der Waals surface area contributed by atoms with E-state index in [0.29, 0.717) is 0 Å². The van der Waals surface area contributed by atoms with Crippen molar-refractivity contribution in [3.05, 3.63) is 54.6 Å². The fraction of sp³-hybridized carbons (Fsp3) is 0.167. The van der Waals surface area contributed by atoms with E-state index in [4.69, 9.17) is 0 Å². The minimum absolute atomic E-state index is 0.239. The average molecular weight is 199 g/mol. The Morgan fingerprint density at radius 1 is 1.07 bits per heavy atom. The van der Waals surface area contributed by atoms with Gasteiger partial charge in [-0.05, 0) is 30.7 Å². The van der Waals surface area contributed by atoms with Crippen LogP contribution in [0.25, 0.3) is 0 Å². The van der Waals surface area contributed by atoms with Crippen LogP contribution in [0.3, 0.4) is 0 Å². The van der Waals surface area contributed by atoms with Crippen molar-refractivity contribution in [3.63, 3.8) is 0 Å². The molecule has 0 fully saturated rings. The molecular formula is C12H13N3. The third kappa shape index (κ3) is 2.53. The lowest BCUT2D eigenvalue weighted by Gasteiger charge is -2.14. The van der Waals surface area contributed by atoms with Crippen LogP contribution in [-0.2, 0) is 0 Å². The largest absolute Gasteiger partial charge is 0.377 e. The van der Waals surface area contributed by atoms with Gasteiger partial charge in [0.1, 0.15) is 0 Å². The Bertz CT molecular complexity index is 400. The van der Waals surface area contributed by atoms with Gasteiger partial charge in [0.05, 0.1) is 11.7 Å². The first-order valence-electron chi connectivity index (χ1n) is 4.93. The summed E-state index contributed by atoms with van der Waals surface area (Å²) in [5.41, 5.74) is 2.19. The summed E-state index contributed by atoms with van der Waals surface area (Å²) in [6, 6.07) is 8.15. The number of anilines is 1. The molecule has 2 rings (SSSR count). The Kier molecular flexibility index (Phi) is 2.93. The summed E-state index contributed by atoms with van der Waals surface area (Å²) in [6.45, 7) is 2.10. The van der Waals surface area contributed by atoms with E-state index in [-0.39, 0.29) is 6.04 Å². The van der Waals surface area contributed by atoms with Crippen LogP contribution in [0.2, 0.25) is 0 Å². The first-order chi connectivity index (χ1) is 7.36. The summed E-state index contributed by atoms with van der Waals surface area (Å²) in [4.78, 5) is 8.15. The Labute approximate surface area is 89.2 Å². The van der Waals surface area contributed by atoms with Gasteiger partial charge in [-0.15, -0.1) is 0 Å². The lowest BCUT2D eigenvalue weighted by atomic mass is 10.1. The number of nitrogens with zero attached hydrogens (tertiary/aromatic N) is 2. The van der Waals surface area contributed by atoms with Crippen LogP contribution in [0.1, 0.15) is 18.5 Å². The molecule has 0 aliphatic rings. The van der Waals surface area contributed by atoms with Crippen LogP contribution in [-0.4, -0.2) is 9.97 Å². The summed E-state index contributed by atoms with van der Waals surface area (Å²) in [5.74, 6) is 0. The van der Waals surface area contributed by atoms with Crippen LogP contribution in [0.5, 0.6) is 0 Å². The Balaban J connectivity index is 2.08. The Hall–Kier alpha value is -1.90. The highest BCUT2D eigenvalue weighted by molar-refractivity contribution is 5.42. The van der Waals surface area contributed by atoms with E-state index >= 15 is 0 Å².